The molecular formula is C21H22N2O4S. The van der Waals surface area contributed by atoms with Gasteiger partial charge in [0, 0.05) is 17.8 Å². The molecule has 3 fully saturated rings. The molecule has 2 aliphatic carbocycles. The predicted molar refractivity (Wildman–Crippen MR) is 104 cm³/mol. The van der Waals surface area contributed by atoms with Crippen molar-refractivity contribution in [3.63, 3.8) is 0 Å². The Morgan fingerprint density at radius 1 is 1.04 bits per heavy atom. The first-order valence-electron chi connectivity index (χ1n) is 9.61. The highest BCUT2D eigenvalue weighted by atomic mass is 32.2. The van der Waals surface area contributed by atoms with Crippen LogP contribution in [0.4, 0.5) is 5.69 Å². The van der Waals surface area contributed by atoms with E-state index in [4.69, 9.17) is 0 Å². The third-order valence-electron chi connectivity index (χ3n) is 6.54. The molecule has 5 atom stereocenters. The minimum absolute atomic E-state index is 0.102. The lowest BCUT2D eigenvalue weighted by Gasteiger charge is -2.28. The van der Waals surface area contributed by atoms with Crippen LogP contribution < -0.4 is 5.32 Å². The van der Waals surface area contributed by atoms with Crippen LogP contribution in [0.5, 0.6) is 0 Å². The third-order valence-corrected chi connectivity index (χ3v) is 8.40. The lowest BCUT2D eigenvalue weighted by molar-refractivity contribution is 0.0731. The number of para-hydroxylation sites is 1. The van der Waals surface area contributed by atoms with Crippen LogP contribution in [0.25, 0.3) is 0 Å². The first-order valence-corrected chi connectivity index (χ1v) is 11.1. The topological polar surface area (TPSA) is 86.7 Å². The second-order valence-electron chi connectivity index (χ2n) is 8.06. The molecule has 1 aliphatic heterocycles. The van der Waals surface area contributed by atoms with E-state index in [0.29, 0.717) is 18.2 Å². The SMILES string of the molecule is O=C(Nc1ccccc1)c1cccc(S(=O)(=O)N2C[C@@H]3C[C@H]4C[C@H]3[C@H]2[C@@H]4O)c1. The molecule has 0 aromatic heterocycles. The van der Waals surface area contributed by atoms with Crippen molar-refractivity contribution in [3.05, 3.63) is 60.2 Å². The molecule has 2 bridgehead atoms. The van der Waals surface area contributed by atoms with Gasteiger partial charge in [0.2, 0.25) is 10.0 Å². The first kappa shape index (κ1) is 17.8. The van der Waals surface area contributed by atoms with Crippen molar-refractivity contribution < 1.29 is 18.3 Å². The molecule has 3 aliphatic rings. The Balaban J connectivity index is 1.42. The summed E-state index contributed by atoms with van der Waals surface area (Å²) in [6.07, 6.45) is 1.25. The first-order chi connectivity index (χ1) is 13.4. The standard InChI is InChI=1S/C21H22N2O4S/c24-20-14-9-15-12-23(19(20)18(15)11-14)28(26,27)17-8-4-5-13(10-17)21(25)22-16-6-2-1-3-7-16/h1-8,10,14-15,18-20,24H,9,11-12H2,(H,22,25)/t14-,15-,18+,19-,20+/m0/s1. The lowest BCUT2D eigenvalue weighted by Crippen LogP contribution is -2.43. The van der Waals surface area contributed by atoms with E-state index in [0.717, 1.165) is 12.8 Å². The Hall–Kier alpha value is -2.22. The molecule has 7 heteroatoms. The summed E-state index contributed by atoms with van der Waals surface area (Å²) < 4.78 is 28.1. The summed E-state index contributed by atoms with van der Waals surface area (Å²) in [4.78, 5) is 12.7. The van der Waals surface area contributed by atoms with Crippen LogP contribution in [0.2, 0.25) is 0 Å². The Kier molecular flexibility index (Phi) is 4.08. The van der Waals surface area contributed by atoms with E-state index in [1.807, 2.05) is 18.2 Å². The highest BCUT2D eigenvalue weighted by Gasteiger charge is 2.61. The van der Waals surface area contributed by atoms with Crippen molar-refractivity contribution in [3.8, 4) is 0 Å². The molecule has 6 nitrogen and oxygen atoms in total. The zero-order valence-electron chi connectivity index (χ0n) is 15.2. The number of rotatable bonds is 4. The quantitative estimate of drug-likeness (QED) is 0.828. The fourth-order valence-electron chi connectivity index (χ4n) is 5.29. The Morgan fingerprint density at radius 2 is 1.82 bits per heavy atom. The largest absolute Gasteiger partial charge is 0.391 e. The molecule has 146 valence electrons. The molecule has 2 saturated carbocycles. The number of nitrogens with one attached hydrogen (secondary N) is 1. The maximum atomic E-state index is 13.3. The molecule has 0 unspecified atom stereocenters. The summed E-state index contributed by atoms with van der Waals surface area (Å²) in [6.45, 7) is 0.464. The Labute approximate surface area is 164 Å². The highest BCUT2D eigenvalue weighted by molar-refractivity contribution is 7.89. The van der Waals surface area contributed by atoms with E-state index < -0.39 is 16.1 Å². The van der Waals surface area contributed by atoms with Gasteiger partial charge in [-0.3, -0.25) is 4.79 Å². The minimum atomic E-state index is -3.77. The number of carbonyl (C=O) groups is 1. The normalized spacial score (nSPS) is 31.2. The van der Waals surface area contributed by atoms with E-state index in [1.165, 1.54) is 16.4 Å². The number of aliphatic hydroxyl groups is 1. The van der Waals surface area contributed by atoms with E-state index >= 15 is 0 Å². The van der Waals surface area contributed by atoms with Crippen molar-refractivity contribution in [2.45, 2.75) is 29.9 Å². The molecule has 1 amide bonds. The number of hydrogen-bond donors (Lipinski definition) is 2. The molecule has 1 heterocycles. The average Bonchev–Trinajstić information content (AvgIpc) is 3.32. The fraction of sp³-hybridized carbons (Fsp3) is 0.381. The number of benzene rings is 2. The van der Waals surface area contributed by atoms with Crippen LogP contribution in [0.15, 0.2) is 59.5 Å². The number of anilines is 1. The van der Waals surface area contributed by atoms with Crippen molar-refractivity contribution in [1.29, 1.82) is 0 Å². The van der Waals surface area contributed by atoms with Gasteiger partial charge in [0.15, 0.2) is 0 Å². The summed E-state index contributed by atoms with van der Waals surface area (Å²) in [7, 11) is -3.77. The number of fused-ring (bicyclic) bond motifs is 1. The maximum Gasteiger partial charge on any atom is 0.255 e. The summed E-state index contributed by atoms with van der Waals surface area (Å²) in [6, 6.07) is 14.9. The van der Waals surface area contributed by atoms with Gasteiger partial charge in [-0.25, -0.2) is 8.42 Å². The van der Waals surface area contributed by atoms with Gasteiger partial charge in [-0.1, -0.05) is 24.3 Å². The van der Waals surface area contributed by atoms with Crippen LogP contribution >= 0.6 is 0 Å². The van der Waals surface area contributed by atoms with Gasteiger partial charge in [0.1, 0.15) is 0 Å². The molecule has 2 N–H and O–H groups in total. The van der Waals surface area contributed by atoms with Crippen molar-refractivity contribution in [2.24, 2.45) is 17.8 Å². The van der Waals surface area contributed by atoms with E-state index in [1.54, 1.807) is 24.3 Å². The third kappa shape index (κ3) is 2.69. The van der Waals surface area contributed by atoms with Crippen molar-refractivity contribution >= 4 is 21.6 Å². The average molecular weight is 398 g/mol. The van der Waals surface area contributed by atoms with Gasteiger partial charge in [-0.2, -0.15) is 4.31 Å². The van der Waals surface area contributed by atoms with Crippen molar-refractivity contribution in [2.75, 3.05) is 11.9 Å². The molecular weight excluding hydrogens is 376 g/mol. The smallest absolute Gasteiger partial charge is 0.255 e. The lowest BCUT2D eigenvalue weighted by atomic mass is 9.88. The summed E-state index contributed by atoms with van der Waals surface area (Å²) in [5.41, 5.74) is 0.939. The van der Waals surface area contributed by atoms with Crippen LogP contribution in [-0.4, -0.2) is 42.4 Å². The number of amides is 1. The summed E-state index contributed by atoms with van der Waals surface area (Å²) in [5, 5.41) is 13.3. The van der Waals surface area contributed by atoms with Crippen molar-refractivity contribution in [1.82, 2.24) is 4.31 Å². The monoisotopic (exact) mass is 398 g/mol. The van der Waals surface area contributed by atoms with Gasteiger partial charge < -0.3 is 10.4 Å². The van der Waals surface area contributed by atoms with E-state index in [2.05, 4.69) is 5.32 Å². The van der Waals surface area contributed by atoms with Gasteiger partial charge in [-0.05, 0) is 60.9 Å². The number of sulfonamides is 1. The molecule has 2 aromatic rings. The maximum absolute atomic E-state index is 13.3. The Bertz CT molecular complexity index is 1020. The number of carbonyl (C=O) groups excluding carboxylic acids is 1. The van der Waals surface area contributed by atoms with E-state index in [9.17, 15) is 18.3 Å². The van der Waals surface area contributed by atoms with Gasteiger partial charge >= 0.3 is 0 Å². The zero-order valence-corrected chi connectivity index (χ0v) is 16.0. The number of aliphatic hydroxyl groups excluding tert-OH is 1. The molecule has 2 aromatic carbocycles. The molecule has 5 rings (SSSR count). The minimum Gasteiger partial charge on any atom is -0.391 e. The molecule has 0 radical (unpaired) electrons. The van der Waals surface area contributed by atoms with Crippen LogP contribution in [0.3, 0.4) is 0 Å². The van der Waals surface area contributed by atoms with Crippen LogP contribution in [0, 0.1) is 17.8 Å². The molecule has 1 saturated heterocycles. The fourth-order valence-corrected chi connectivity index (χ4v) is 7.08. The summed E-state index contributed by atoms with van der Waals surface area (Å²) >= 11 is 0. The van der Waals surface area contributed by atoms with Crippen LogP contribution in [0.1, 0.15) is 23.2 Å². The number of hydrogen-bond acceptors (Lipinski definition) is 4. The second-order valence-corrected chi connectivity index (χ2v) is 9.95. The molecule has 28 heavy (non-hydrogen) atoms. The van der Waals surface area contributed by atoms with E-state index in [-0.39, 0.29) is 34.2 Å². The van der Waals surface area contributed by atoms with Crippen LogP contribution in [-0.2, 0) is 10.0 Å². The van der Waals surface area contributed by atoms with Gasteiger partial charge in [-0.15, -0.1) is 0 Å². The predicted octanol–water partition coefficient (Wildman–Crippen LogP) is 2.33. The molecule has 0 spiro atoms. The van der Waals surface area contributed by atoms with Gasteiger partial charge in [0.25, 0.3) is 5.91 Å². The Morgan fingerprint density at radius 3 is 2.57 bits per heavy atom. The summed E-state index contributed by atoms with van der Waals surface area (Å²) in [5.74, 6) is 0.478. The van der Waals surface area contributed by atoms with Gasteiger partial charge in [0.05, 0.1) is 17.0 Å². The zero-order chi connectivity index (χ0) is 19.5. The number of nitrogens with zero attached hydrogens (tertiary/aromatic N) is 1. The highest BCUT2D eigenvalue weighted by Crippen LogP contribution is 2.56. The second kappa shape index (κ2) is 6.40.